The summed E-state index contributed by atoms with van der Waals surface area (Å²) in [6.07, 6.45) is 0. The summed E-state index contributed by atoms with van der Waals surface area (Å²) in [5.74, 6) is 0.624. The van der Waals surface area contributed by atoms with Crippen molar-refractivity contribution in [2.75, 3.05) is 0 Å². The third kappa shape index (κ3) is 2.68. The lowest BCUT2D eigenvalue weighted by molar-refractivity contribution is -0.119. The molecular weight excluding hydrogens is 240 g/mol. The van der Waals surface area contributed by atoms with Crippen LogP contribution in [-0.2, 0) is 4.79 Å². The lowest BCUT2D eigenvalue weighted by Gasteiger charge is -2.18. The number of Topliss-reactive ketones (excluding diaryl/α,β-unsaturated/α-hetero) is 1. The largest absolute Gasteiger partial charge is 0.299 e. The molecule has 0 aliphatic rings. The van der Waals surface area contributed by atoms with Crippen LogP contribution in [0.2, 0.25) is 0 Å². The minimum Gasteiger partial charge on any atom is -0.299 e. The summed E-state index contributed by atoms with van der Waals surface area (Å²) < 4.78 is 1.05. The molecule has 1 rings (SSSR count). The monoisotopic (exact) mass is 254 g/mol. The Balaban J connectivity index is 3.00. The molecule has 0 saturated carbocycles. The van der Waals surface area contributed by atoms with Gasteiger partial charge in [-0.3, -0.25) is 4.79 Å². The molecule has 0 heterocycles. The second-order valence-electron chi connectivity index (χ2n) is 3.88. The lowest BCUT2D eigenvalue weighted by atomic mass is 9.86. The number of hydrogen-bond donors (Lipinski definition) is 0. The van der Waals surface area contributed by atoms with Crippen molar-refractivity contribution >= 4 is 21.7 Å². The zero-order chi connectivity index (χ0) is 10.7. The maximum atomic E-state index is 11.5. The number of ketones is 1. The van der Waals surface area contributed by atoms with E-state index in [2.05, 4.69) is 29.8 Å². The minimum atomic E-state index is 0.0306. The number of benzene rings is 1. The molecule has 1 atom stereocenters. The molecule has 1 aromatic rings. The van der Waals surface area contributed by atoms with Crippen LogP contribution in [0.3, 0.4) is 0 Å². The molecule has 1 unspecified atom stereocenters. The zero-order valence-electron chi connectivity index (χ0n) is 8.75. The summed E-state index contributed by atoms with van der Waals surface area (Å²) in [6.45, 7) is 5.81. The van der Waals surface area contributed by atoms with Crippen LogP contribution in [-0.4, -0.2) is 5.78 Å². The van der Waals surface area contributed by atoms with E-state index in [-0.39, 0.29) is 11.7 Å². The third-order valence-corrected chi connectivity index (χ3v) is 2.86. The summed E-state index contributed by atoms with van der Waals surface area (Å²) >= 11 is 3.38. The first-order chi connectivity index (χ1) is 6.52. The fourth-order valence-electron chi connectivity index (χ4n) is 1.76. The summed E-state index contributed by atoms with van der Waals surface area (Å²) in [7, 11) is 0. The number of hydrogen-bond acceptors (Lipinski definition) is 1. The molecule has 0 aliphatic carbocycles. The van der Waals surface area contributed by atoms with Gasteiger partial charge in [0.2, 0.25) is 0 Å². The van der Waals surface area contributed by atoms with Crippen LogP contribution < -0.4 is 0 Å². The molecule has 0 aliphatic heterocycles. The fourth-order valence-corrected chi connectivity index (χ4v) is 2.02. The van der Waals surface area contributed by atoms with Crippen molar-refractivity contribution in [1.29, 1.82) is 0 Å². The molecule has 0 amide bonds. The van der Waals surface area contributed by atoms with Crippen LogP contribution >= 0.6 is 15.9 Å². The van der Waals surface area contributed by atoms with Crippen LogP contribution in [0.4, 0.5) is 0 Å². The molecule has 1 aromatic carbocycles. The summed E-state index contributed by atoms with van der Waals surface area (Å²) in [6, 6.07) is 7.98. The highest BCUT2D eigenvalue weighted by atomic mass is 79.9. The van der Waals surface area contributed by atoms with Gasteiger partial charge in [-0.25, -0.2) is 0 Å². The second kappa shape index (κ2) is 4.74. The van der Waals surface area contributed by atoms with Crippen molar-refractivity contribution < 1.29 is 4.79 Å². The van der Waals surface area contributed by atoms with E-state index in [1.165, 1.54) is 0 Å². The highest BCUT2D eigenvalue weighted by Gasteiger charge is 2.19. The van der Waals surface area contributed by atoms with E-state index in [0.29, 0.717) is 5.92 Å². The minimum absolute atomic E-state index is 0.0306. The molecule has 0 aromatic heterocycles. The van der Waals surface area contributed by atoms with Crippen LogP contribution in [0.15, 0.2) is 28.7 Å². The van der Waals surface area contributed by atoms with Crippen molar-refractivity contribution in [3.05, 3.63) is 34.3 Å². The third-order valence-electron chi connectivity index (χ3n) is 2.33. The molecule has 76 valence electrons. The van der Waals surface area contributed by atoms with E-state index >= 15 is 0 Å². The van der Waals surface area contributed by atoms with Gasteiger partial charge in [0.15, 0.2) is 0 Å². The van der Waals surface area contributed by atoms with E-state index in [9.17, 15) is 4.79 Å². The van der Waals surface area contributed by atoms with Gasteiger partial charge in [0.25, 0.3) is 0 Å². The van der Waals surface area contributed by atoms with E-state index in [1.807, 2.05) is 24.3 Å². The van der Waals surface area contributed by atoms with Crippen molar-refractivity contribution in [2.45, 2.75) is 26.7 Å². The first-order valence-electron chi connectivity index (χ1n) is 4.78. The molecule has 2 heteroatoms. The van der Waals surface area contributed by atoms with Crippen LogP contribution in [0.25, 0.3) is 0 Å². The Morgan fingerprint density at radius 2 is 1.71 bits per heavy atom. The predicted octanol–water partition coefficient (Wildman–Crippen LogP) is 3.78. The summed E-state index contributed by atoms with van der Waals surface area (Å²) in [4.78, 5) is 11.5. The van der Waals surface area contributed by atoms with Crippen LogP contribution in [0.5, 0.6) is 0 Å². The van der Waals surface area contributed by atoms with Gasteiger partial charge in [-0.15, -0.1) is 0 Å². The molecule has 0 N–H and O–H groups in total. The predicted molar refractivity (Wildman–Crippen MR) is 62.4 cm³/mol. The van der Waals surface area contributed by atoms with E-state index in [4.69, 9.17) is 0 Å². The Bertz CT molecular complexity index is 314. The molecule has 14 heavy (non-hydrogen) atoms. The van der Waals surface area contributed by atoms with Gasteiger partial charge in [0.05, 0.1) is 0 Å². The Morgan fingerprint density at radius 3 is 2.07 bits per heavy atom. The number of rotatable bonds is 3. The van der Waals surface area contributed by atoms with Crippen molar-refractivity contribution in [3.8, 4) is 0 Å². The Labute approximate surface area is 93.7 Å². The van der Waals surface area contributed by atoms with Crippen LogP contribution in [0.1, 0.15) is 32.3 Å². The Morgan fingerprint density at radius 1 is 1.21 bits per heavy atom. The standard InChI is InChI=1S/C12H15BrO/c1-8(2)12(9(3)14)10-4-6-11(13)7-5-10/h4-8,12H,1-3H3. The summed E-state index contributed by atoms with van der Waals surface area (Å²) in [5, 5.41) is 0. The Kier molecular flexibility index (Phi) is 3.87. The van der Waals surface area contributed by atoms with Gasteiger partial charge in [0, 0.05) is 10.4 Å². The van der Waals surface area contributed by atoms with E-state index < -0.39 is 0 Å². The maximum absolute atomic E-state index is 11.5. The molecule has 0 saturated heterocycles. The smallest absolute Gasteiger partial charge is 0.137 e. The second-order valence-corrected chi connectivity index (χ2v) is 4.80. The van der Waals surface area contributed by atoms with Gasteiger partial charge >= 0.3 is 0 Å². The highest BCUT2D eigenvalue weighted by molar-refractivity contribution is 9.10. The number of halogens is 1. The highest BCUT2D eigenvalue weighted by Crippen LogP contribution is 2.26. The fraction of sp³-hybridized carbons (Fsp3) is 0.417. The zero-order valence-corrected chi connectivity index (χ0v) is 10.3. The molecule has 0 fully saturated rings. The van der Waals surface area contributed by atoms with Gasteiger partial charge < -0.3 is 0 Å². The molecule has 0 bridgehead atoms. The van der Waals surface area contributed by atoms with Gasteiger partial charge in [-0.2, -0.15) is 0 Å². The molecule has 0 radical (unpaired) electrons. The van der Waals surface area contributed by atoms with Crippen molar-refractivity contribution in [2.24, 2.45) is 5.92 Å². The molecule has 1 nitrogen and oxygen atoms in total. The normalized spacial score (nSPS) is 12.9. The van der Waals surface area contributed by atoms with E-state index in [1.54, 1.807) is 6.92 Å². The Hall–Kier alpha value is -0.630. The lowest BCUT2D eigenvalue weighted by Crippen LogP contribution is -2.14. The van der Waals surface area contributed by atoms with Crippen LogP contribution in [0, 0.1) is 5.92 Å². The van der Waals surface area contributed by atoms with E-state index in [0.717, 1.165) is 10.0 Å². The van der Waals surface area contributed by atoms with Gasteiger partial charge in [-0.1, -0.05) is 41.9 Å². The number of carbonyl (C=O) groups excluding carboxylic acids is 1. The maximum Gasteiger partial charge on any atom is 0.137 e. The first-order valence-corrected chi connectivity index (χ1v) is 5.57. The first kappa shape index (κ1) is 11.4. The quantitative estimate of drug-likeness (QED) is 0.803. The van der Waals surface area contributed by atoms with Crippen molar-refractivity contribution in [1.82, 2.24) is 0 Å². The van der Waals surface area contributed by atoms with Gasteiger partial charge in [0.1, 0.15) is 5.78 Å². The average molecular weight is 255 g/mol. The average Bonchev–Trinajstić information content (AvgIpc) is 2.07. The number of carbonyl (C=O) groups is 1. The SMILES string of the molecule is CC(=O)C(c1ccc(Br)cc1)C(C)C. The van der Waals surface area contributed by atoms with Gasteiger partial charge in [-0.05, 0) is 30.5 Å². The van der Waals surface area contributed by atoms with Crippen molar-refractivity contribution in [3.63, 3.8) is 0 Å². The summed E-state index contributed by atoms with van der Waals surface area (Å²) in [5.41, 5.74) is 1.11. The molecular formula is C12H15BrO. The topological polar surface area (TPSA) is 17.1 Å². The molecule has 0 spiro atoms.